The molecule has 158 valence electrons. The van der Waals surface area contributed by atoms with Gasteiger partial charge in [0.05, 0.1) is 6.33 Å². The largest absolute Gasteiger partial charge is 0.370 e. The summed E-state index contributed by atoms with van der Waals surface area (Å²) in [6.45, 7) is 4.91. The minimum Gasteiger partial charge on any atom is -0.370 e. The Balaban J connectivity index is 1.68. The van der Waals surface area contributed by atoms with Crippen LogP contribution in [0.5, 0.6) is 0 Å². The Morgan fingerprint density at radius 3 is 2.63 bits per heavy atom. The van der Waals surface area contributed by atoms with Gasteiger partial charge in [0, 0.05) is 48.7 Å². The number of aryl methyl sites for hydroxylation is 2. The number of hydrogen-bond donors (Lipinski definition) is 3. The van der Waals surface area contributed by atoms with Crippen molar-refractivity contribution in [3.8, 4) is 0 Å². The van der Waals surface area contributed by atoms with Crippen LogP contribution < -0.4 is 10.6 Å². The van der Waals surface area contributed by atoms with Crippen molar-refractivity contribution in [2.75, 3.05) is 24.5 Å². The number of nitrogens with one attached hydrogen (secondary N) is 2. The summed E-state index contributed by atoms with van der Waals surface area (Å²) in [4.78, 5) is 16.0. The van der Waals surface area contributed by atoms with E-state index >= 15 is 0 Å². The molecule has 0 unspecified atom stereocenters. The molecule has 2 heterocycles. The van der Waals surface area contributed by atoms with Gasteiger partial charge in [0.15, 0.2) is 5.96 Å². The first-order valence-electron chi connectivity index (χ1n) is 10.00. The zero-order valence-corrected chi connectivity index (χ0v) is 18.8. The van der Waals surface area contributed by atoms with Crippen molar-refractivity contribution < 1.29 is 0 Å². The van der Waals surface area contributed by atoms with Crippen LogP contribution >= 0.6 is 15.9 Å². The van der Waals surface area contributed by atoms with Gasteiger partial charge in [-0.2, -0.15) is 0 Å². The van der Waals surface area contributed by atoms with Gasteiger partial charge in [-0.25, -0.2) is 9.97 Å². The maximum atomic E-state index is 7.99. The van der Waals surface area contributed by atoms with Gasteiger partial charge in [0.25, 0.3) is 0 Å². The monoisotopic (exact) mass is 469 g/mol. The minimum absolute atomic E-state index is 0.0970. The molecule has 0 spiro atoms. The third-order valence-electron chi connectivity index (χ3n) is 4.94. The second kappa shape index (κ2) is 10.8. The predicted octanol–water partition coefficient (Wildman–Crippen LogP) is 3.71. The first kappa shape index (κ1) is 21.8. The second-order valence-corrected chi connectivity index (χ2v) is 8.17. The number of imidazole rings is 1. The van der Waals surface area contributed by atoms with Crippen molar-refractivity contribution in [2.45, 2.75) is 26.3 Å². The summed E-state index contributed by atoms with van der Waals surface area (Å²) in [7, 11) is 0. The van der Waals surface area contributed by atoms with Gasteiger partial charge in [-0.05, 0) is 52.9 Å². The zero-order chi connectivity index (χ0) is 21.3. The van der Waals surface area contributed by atoms with Crippen molar-refractivity contribution in [2.24, 2.45) is 5.73 Å². The van der Waals surface area contributed by atoms with Crippen molar-refractivity contribution in [3.05, 3.63) is 76.4 Å². The molecule has 3 rings (SSSR count). The quantitative estimate of drug-likeness (QED) is 0.310. The molecule has 3 aromatic rings. The highest BCUT2D eigenvalue weighted by Gasteiger charge is 2.15. The number of guanidine groups is 1. The fraction of sp³-hybridized carbons (Fsp3) is 0.318. The average molecular weight is 470 g/mol. The van der Waals surface area contributed by atoms with Gasteiger partial charge in [0.1, 0.15) is 5.82 Å². The highest BCUT2D eigenvalue weighted by atomic mass is 79.9. The number of aromatic amines is 1. The molecule has 0 saturated carbocycles. The SMILES string of the molecule is Cc1cc(Br)cnc1N(CCN(CCCc1cnc[nH]1)C(=N)N)Cc1ccccc1. The number of aromatic nitrogens is 3. The van der Waals surface area contributed by atoms with Gasteiger partial charge in [0.2, 0.25) is 0 Å². The molecule has 7 nitrogen and oxygen atoms in total. The lowest BCUT2D eigenvalue weighted by Crippen LogP contribution is -2.42. The van der Waals surface area contributed by atoms with E-state index in [1.807, 2.05) is 35.5 Å². The molecule has 4 N–H and O–H groups in total. The normalized spacial score (nSPS) is 10.7. The predicted molar refractivity (Wildman–Crippen MR) is 125 cm³/mol. The first-order chi connectivity index (χ1) is 14.5. The molecule has 0 aliphatic heterocycles. The van der Waals surface area contributed by atoms with E-state index in [1.54, 1.807) is 6.33 Å². The fourth-order valence-corrected chi connectivity index (χ4v) is 3.85. The molecular formula is C22H28BrN7. The number of benzene rings is 1. The molecule has 0 radical (unpaired) electrons. The van der Waals surface area contributed by atoms with Crippen molar-refractivity contribution >= 4 is 27.7 Å². The molecule has 0 fully saturated rings. The van der Waals surface area contributed by atoms with E-state index in [0.717, 1.165) is 47.5 Å². The van der Waals surface area contributed by atoms with Crippen molar-refractivity contribution in [3.63, 3.8) is 0 Å². The number of nitrogens with zero attached hydrogens (tertiary/aromatic N) is 4. The van der Waals surface area contributed by atoms with E-state index in [0.29, 0.717) is 13.1 Å². The molecule has 2 aromatic heterocycles. The van der Waals surface area contributed by atoms with Gasteiger partial charge in [-0.3, -0.25) is 5.41 Å². The summed E-state index contributed by atoms with van der Waals surface area (Å²) < 4.78 is 0.965. The number of nitrogens with two attached hydrogens (primary N) is 1. The maximum absolute atomic E-state index is 7.99. The molecule has 0 amide bonds. The number of halogens is 1. The van der Waals surface area contributed by atoms with Crippen LogP contribution in [-0.2, 0) is 13.0 Å². The third-order valence-corrected chi connectivity index (χ3v) is 5.38. The van der Waals surface area contributed by atoms with Gasteiger partial charge in [-0.15, -0.1) is 0 Å². The standard InChI is InChI=1S/C22H28BrN7/c1-17-12-19(23)13-27-21(17)30(15-18-6-3-2-4-7-18)11-10-29(22(24)25)9-5-8-20-14-26-16-28-20/h2-4,6-7,12-14,16H,5,8-11,15H2,1H3,(H3,24,25)(H,26,28). The lowest BCUT2D eigenvalue weighted by molar-refractivity contribution is 0.405. The Morgan fingerprint density at radius 1 is 1.17 bits per heavy atom. The number of anilines is 1. The van der Waals surface area contributed by atoms with E-state index in [4.69, 9.17) is 11.1 Å². The first-order valence-corrected chi connectivity index (χ1v) is 10.8. The molecule has 0 bridgehead atoms. The van der Waals surface area contributed by atoms with Crippen LogP contribution in [0.25, 0.3) is 0 Å². The highest BCUT2D eigenvalue weighted by molar-refractivity contribution is 9.10. The maximum Gasteiger partial charge on any atom is 0.188 e. The number of rotatable bonds is 10. The molecule has 0 atom stereocenters. The van der Waals surface area contributed by atoms with Crippen LogP contribution in [0.2, 0.25) is 0 Å². The smallest absolute Gasteiger partial charge is 0.188 e. The Kier molecular flexibility index (Phi) is 7.84. The second-order valence-electron chi connectivity index (χ2n) is 7.25. The summed E-state index contributed by atoms with van der Waals surface area (Å²) in [5, 5.41) is 7.99. The molecular weight excluding hydrogens is 442 g/mol. The van der Waals surface area contributed by atoms with Crippen LogP contribution in [-0.4, -0.2) is 45.4 Å². The Morgan fingerprint density at radius 2 is 1.97 bits per heavy atom. The molecule has 0 saturated heterocycles. The molecule has 30 heavy (non-hydrogen) atoms. The van der Waals surface area contributed by atoms with E-state index in [9.17, 15) is 0 Å². The van der Waals surface area contributed by atoms with Gasteiger partial charge in [-0.1, -0.05) is 30.3 Å². The fourth-order valence-electron chi connectivity index (χ4n) is 3.40. The van der Waals surface area contributed by atoms with Crippen LogP contribution in [0, 0.1) is 12.3 Å². The molecule has 8 heteroatoms. The summed E-state index contributed by atoms with van der Waals surface area (Å²) in [5.74, 6) is 1.04. The van der Waals surface area contributed by atoms with Crippen LogP contribution in [0.3, 0.4) is 0 Å². The van der Waals surface area contributed by atoms with E-state index in [2.05, 4.69) is 60.9 Å². The molecule has 0 aliphatic rings. The number of pyridine rings is 1. The highest BCUT2D eigenvalue weighted by Crippen LogP contribution is 2.22. The van der Waals surface area contributed by atoms with Crippen LogP contribution in [0.1, 0.15) is 23.2 Å². The summed E-state index contributed by atoms with van der Waals surface area (Å²) in [6.07, 6.45) is 7.13. The molecule has 1 aromatic carbocycles. The van der Waals surface area contributed by atoms with E-state index in [1.165, 1.54) is 5.56 Å². The van der Waals surface area contributed by atoms with Gasteiger partial charge < -0.3 is 20.5 Å². The van der Waals surface area contributed by atoms with Crippen molar-refractivity contribution in [1.29, 1.82) is 5.41 Å². The third kappa shape index (κ3) is 6.32. The summed E-state index contributed by atoms with van der Waals surface area (Å²) in [5.41, 5.74) is 9.29. The van der Waals surface area contributed by atoms with Crippen LogP contribution in [0.15, 0.2) is 59.6 Å². The summed E-state index contributed by atoms with van der Waals surface area (Å²) >= 11 is 3.50. The summed E-state index contributed by atoms with van der Waals surface area (Å²) in [6, 6.07) is 12.4. The average Bonchev–Trinajstić information content (AvgIpc) is 3.24. The number of hydrogen-bond acceptors (Lipinski definition) is 4. The lowest BCUT2D eigenvalue weighted by Gasteiger charge is -2.30. The minimum atomic E-state index is 0.0970. The zero-order valence-electron chi connectivity index (χ0n) is 17.2. The topological polar surface area (TPSA) is 97.9 Å². The Labute approximate surface area is 186 Å². The Hall–Kier alpha value is -2.87. The Bertz CT molecular complexity index is 928. The van der Waals surface area contributed by atoms with Gasteiger partial charge >= 0.3 is 0 Å². The number of H-pyrrole nitrogens is 1. The lowest BCUT2D eigenvalue weighted by atomic mass is 10.2. The van der Waals surface area contributed by atoms with E-state index < -0.39 is 0 Å². The van der Waals surface area contributed by atoms with E-state index in [-0.39, 0.29) is 5.96 Å². The van der Waals surface area contributed by atoms with Crippen molar-refractivity contribution in [1.82, 2.24) is 19.9 Å². The molecule has 0 aliphatic carbocycles. The van der Waals surface area contributed by atoms with Crippen LogP contribution in [0.4, 0.5) is 5.82 Å².